The molecule has 2 aliphatic heterocycles. The van der Waals surface area contributed by atoms with Crippen LogP contribution in [0.3, 0.4) is 0 Å². The molecule has 0 fully saturated rings. The van der Waals surface area contributed by atoms with Crippen molar-refractivity contribution in [2.45, 2.75) is 38.5 Å². The molecule has 0 N–H and O–H groups in total. The molecular weight excluding hydrogens is 687 g/mol. The largest absolute Gasteiger partial charge is 0.490 e. The minimum absolute atomic E-state index is 0.0267. The molecule has 7 rings (SSSR count). The Kier molecular flexibility index (Phi) is 9.68. The molecule has 0 radical (unpaired) electrons. The average molecular weight is 727 g/mol. The van der Waals surface area contributed by atoms with Gasteiger partial charge in [0.15, 0.2) is 0 Å². The van der Waals surface area contributed by atoms with Crippen molar-refractivity contribution in [3.05, 3.63) is 89.0 Å². The van der Waals surface area contributed by atoms with Crippen LogP contribution in [0.1, 0.15) is 29.8 Å². The minimum atomic E-state index is -0.795. The number of carbonyl (C=O) groups excluding carboxylic acids is 2. The van der Waals surface area contributed by atoms with Crippen LogP contribution in [-0.2, 0) is 33.8 Å². The highest BCUT2D eigenvalue weighted by molar-refractivity contribution is 7.18. The maximum Gasteiger partial charge on any atom is 0.246 e. The number of amides is 2. The van der Waals surface area contributed by atoms with Gasteiger partial charge in [-0.25, -0.2) is 13.8 Å². The van der Waals surface area contributed by atoms with Crippen LogP contribution in [0.2, 0.25) is 0 Å². The number of fused-ring (bicyclic) bond motifs is 3. The number of nitrogens with zero attached hydrogens (tertiary/aromatic N) is 6. The molecule has 2 amide bonds. The first kappa shape index (κ1) is 35.4. The van der Waals surface area contributed by atoms with E-state index in [1.54, 1.807) is 23.9 Å². The zero-order valence-corrected chi connectivity index (χ0v) is 30.6. The zero-order chi connectivity index (χ0) is 36.8. The van der Waals surface area contributed by atoms with Gasteiger partial charge in [-0.3, -0.25) is 19.2 Å². The summed E-state index contributed by atoms with van der Waals surface area (Å²) < 4.78 is 44.7. The van der Waals surface area contributed by atoms with Crippen molar-refractivity contribution in [2.75, 3.05) is 48.0 Å². The summed E-state index contributed by atoms with van der Waals surface area (Å²) in [7, 11) is 7.03. The van der Waals surface area contributed by atoms with Gasteiger partial charge in [0, 0.05) is 67.6 Å². The molecule has 270 valence electrons. The SMILES string of the molecule is C=CC(=O)N1CCn2nc(-c3nc(-c4ccc5c(c4)CN(C)C(C(=O)N(C)C)C5)c4ccsc4c3-c3c(F)cc(F)cc3OCCOC)cc2C1C. The van der Waals surface area contributed by atoms with Crippen LogP contribution in [-0.4, -0.2) is 95.3 Å². The molecule has 2 aromatic carbocycles. The van der Waals surface area contributed by atoms with E-state index in [0.29, 0.717) is 48.7 Å². The predicted molar refractivity (Wildman–Crippen MR) is 197 cm³/mol. The van der Waals surface area contributed by atoms with Gasteiger partial charge in [0.05, 0.1) is 42.2 Å². The fraction of sp³-hybridized carbons (Fsp3) is 0.333. The number of carbonyl (C=O) groups is 2. The van der Waals surface area contributed by atoms with Gasteiger partial charge in [0.2, 0.25) is 11.8 Å². The Morgan fingerprint density at radius 2 is 1.87 bits per heavy atom. The number of rotatable bonds is 9. The van der Waals surface area contributed by atoms with Crippen LogP contribution in [0.5, 0.6) is 5.75 Å². The van der Waals surface area contributed by atoms with Crippen LogP contribution >= 0.6 is 11.3 Å². The minimum Gasteiger partial charge on any atom is -0.490 e. The summed E-state index contributed by atoms with van der Waals surface area (Å²) in [4.78, 5) is 36.3. The molecule has 2 aliphatic rings. The third kappa shape index (κ3) is 6.26. The smallest absolute Gasteiger partial charge is 0.246 e. The van der Waals surface area contributed by atoms with Crippen LogP contribution in [0.15, 0.2) is 60.5 Å². The molecule has 10 nitrogen and oxygen atoms in total. The Labute approximate surface area is 304 Å². The summed E-state index contributed by atoms with van der Waals surface area (Å²) in [5.74, 6) is -1.65. The van der Waals surface area contributed by atoms with Crippen molar-refractivity contribution in [3.63, 3.8) is 0 Å². The Bertz CT molecular complexity index is 2210. The summed E-state index contributed by atoms with van der Waals surface area (Å²) in [5, 5.41) is 7.69. The fourth-order valence-electron chi connectivity index (χ4n) is 7.28. The molecule has 0 saturated carbocycles. The normalized spacial score (nSPS) is 17.2. The van der Waals surface area contributed by atoms with Crippen LogP contribution < -0.4 is 4.74 Å². The van der Waals surface area contributed by atoms with Gasteiger partial charge in [0.1, 0.15) is 35.4 Å². The maximum atomic E-state index is 16.2. The topological polar surface area (TPSA) is 93.0 Å². The molecular formula is C39H40F2N6O4S. The van der Waals surface area contributed by atoms with Gasteiger partial charge in [-0.05, 0) is 61.2 Å². The Morgan fingerprint density at radius 1 is 1.06 bits per heavy atom. The van der Waals surface area contributed by atoms with Gasteiger partial charge in [0.25, 0.3) is 0 Å². The van der Waals surface area contributed by atoms with E-state index in [4.69, 9.17) is 19.6 Å². The van der Waals surface area contributed by atoms with Crippen molar-refractivity contribution in [1.29, 1.82) is 0 Å². The number of ether oxygens (including phenoxy) is 2. The Hall–Kier alpha value is -4.98. The highest BCUT2D eigenvalue weighted by Crippen LogP contribution is 2.47. The second-order valence-electron chi connectivity index (χ2n) is 13.4. The molecule has 52 heavy (non-hydrogen) atoms. The van der Waals surface area contributed by atoms with Crippen molar-refractivity contribution < 1.29 is 27.8 Å². The molecule has 5 aromatic rings. The molecule has 2 unspecified atom stereocenters. The van der Waals surface area contributed by atoms with Gasteiger partial charge in [-0.2, -0.15) is 5.10 Å². The number of pyridine rings is 1. The molecule has 0 bridgehead atoms. The number of hydrogen-bond acceptors (Lipinski definition) is 8. The highest BCUT2D eigenvalue weighted by Gasteiger charge is 2.33. The summed E-state index contributed by atoms with van der Waals surface area (Å²) >= 11 is 1.42. The Balaban J connectivity index is 1.43. The summed E-state index contributed by atoms with van der Waals surface area (Å²) in [6.45, 7) is 7.38. The van der Waals surface area contributed by atoms with Crippen LogP contribution in [0.4, 0.5) is 8.78 Å². The van der Waals surface area contributed by atoms with Crippen LogP contribution in [0, 0.1) is 11.6 Å². The predicted octanol–water partition coefficient (Wildman–Crippen LogP) is 6.33. The fourth-order valence-corrected chi connectivity index (χ4v) is 8.22. The average Bonchev–Trinajstić information content (AvgIpc) is 3.79. The third-order valence-electron chi connectivity index (χ3n) is 9.95. The van der Waals surface area contributed by atoms with E-state index in [1.807, 2.05) is 42.2 Å². The third-order valence-corrected chi connectivity index (χ3v) is 10.9. The zero-order valence-electron chi connectivity index (χ0n) is 29.8. The van der Waals surface area contributed by atoms with Crippen molar-refractivity contribution in [1.82, 2.24) is 29.5 Å². The summed E-state index contributed by atoms with van der Waals surface area (Å²) in [5.41, 5.74) is 5.91. The number of methoxy groups -OCH3 is 1. The van der Waals surface area contributed by atoms with Gasteiger partial charge in [-0.15, -0.1) is 11.3 Å². The lowest BCUT2D eigenvalue weighted by Crippen LogP contribution is -2.48. The Morgan fingerprint density at radius 3 is 2.62 bits per heavy atom. The first-order valence-electron chi connectivity index (χ1n) is 17.1. The summed E-state index contributed by atoms with van der Waals surface area (Å²) in [6, 6.07) is 11.5. The first-order valence-corrected chi connectivity index (χ1v) is 18.0. The van der Waals surface area contributed by atoms with E-state index in [9.17, 15) is 14.0 Å². The molecule has 0 spiro atoms. The molecule has 5 heterocycles. The van der Waals surface area contributed by atoms with Crippen molar-refractivity contribution >= 4 is 33.2 Å². The van der Waals surface area contributed by atoms with E-state index in [-0.39, 0.29) is 48.4 Å². The van der Waals surface area contributed by atoms with Gasteiger partial charge in [-0.1, -0.05) is 18.7 Å². The lowest BCUT2D eigenvalue weighted by Gasteiger charge is -2.34. The molecule has 0 saturated heterocycles. The number of hydrogen-bond donors (Lipinski definition) is 0. The van der Waals surface area contributed by atoms with Crippen LogP contribution in [0.25, 0.3) is 43.9 Å². The second-order valence-corrected chi connectivity index (χ2v) is 14.3. The maximum absolute atomic E-state index is 16.2. The van der Waals surface area contributed by atoms with Gasteiger partial charge < -0.3 is 19.3 Å². The molecule has 13 heteroatoms. The lowest BCUT2D eigenvalue weighted by atomic mass is 9.90. The number of likely N-dealkylation sites (N-methyl/N-ethyl adjacent to an activating group) is 2. The monoisotopic (exact) mass is 726 g/mol. The quantitative estimate of drug-likeness (QED) is 0.130. The lowest BCUT2D eigenvalue weighted by molar-refractivity contribution is -0.134. The van der Waals surface area contributed by atoms with E-state index in [1.165, 1.54) is 30.6 Å². The van der Waals surface area contributed by atoms with E-state index in [2.05, 4.69) is 23.6 Å². The molecule has 2 atom stereocenters. The van der Waals surface area contributed by atoms with Crippen molar-refractivity contribution in [3.8, 4) is 39.5 Å². The number of thiophene rings is 1. The van der Waals surface area contributed by atoms with Crippen molar-refractivity contribution in [2.24, 2.45) is 0 Å². The first-order chi connectivity index (χ1) is 25.0. The molecule has 0 aliphatic carbocycles. The van der Waals surface area contributed by atoms with E-state index < -0.39 is 11.6 Å². The molecule has 3 aromatic heterocycles. The van der Waals surface area contributed by atoms with E-state index in [0.717, 1.165) is 38.5 Å². The second kappa shape index (κ2) is 14.2. The number of benzene rings is 2. The van der Waals surface area contributed by atoms with E-state index >= 15 is 4.39 Å². The summed E-state index contributed by atoms with van der Waals surface area (Å²) in [6.07, 6.45) is 1.90. The number of halogens is 2. The van der Waals surface area contributed by atoms with Gasteiger partial charge >= 0.3 is 0 Å². The highest BCUT2D eigenvalue weighted by atomic mass is 32.1. The number of aromatic nitrogens is 3. The standard InChI is InChI=1S/C39H40F2N6O4S/c1-7-33(48)46-11-12-47-30(22(46)2)20-29(43-47)37-35(34-28(41)18-26(40)19-32(34)51-14-13-50-6)38-27(10-15-52-38)36(42-37)24-9-8-23-17-31(39(49)44(3)4)45(5)21-25(23)16-24/h7-10,15-16,18-20,22,31H,1,11-14,17,21H2,2-6H3.